The summed E-state index contributed by atoms with van der Waals surface area (Å²) in [5.41, 5.74) is 0. The minimum absolute atomic E-state index is 0.0161. The van der Waals surface area contributed by atoms with Crippen LogP contribution in [0.5, 0.6) is 0 Å². The van der Waals surface area contributed by atoms with Gasteiger partial charge in [-0.15, -0.1) is 0 Å². The lowest BCUT2D eigenvalue weighted by Gasteiger charge is -2.32. The number of sulfonamides is 1. The smallest absolute Gasteiger partial charge is 0.246 e. The van der Waals surface area contributed by atoms with Crippen molar-refractivity contribution in [1.29, 1.82) is 0 Å². The van der Waals surface area contributed by atoms with E-state index in [9.17, 15) is 22.0 Å². The third-order valence-corrected chi connectivity index (χ3v) is 6.45. The molecule has 1 aromatic rings. The van der Waals surface area contributed by atoms with Crippen molar-refractivity contribution in [2.24, 2.45) is 5.92 Å². The van der Waals surface area contributed by atoms with Crippen molar-refractivity contribution in [2.75, 3.05) is 26.7 Å². The number of benzene rings is 1. The molecule has 0 aliphatic carbocycles. The highest BCUT2D eigenvalue weighted by molar-refractivity contribution is 7.89. The molecule has 0 N–H and O–H groups in total. The van der Waals surface area contributed by atoms with Crippen LogP contribution in [0.1, 0.15) is 32.6 Å². The Labute approximate surface area is 147 Å². The molecular weight excluding hydrogens is 350 g/mol. The third kappa shape index (κ3) is 4.55. The number of rotatable bonds is 6. The average Bonchev–Trinajstić information content (AvgIpc) is 2.61. The van der Waals surface area contributed by atoms with Crippen LogP contribution in [0.15, 0.2) is 23.1 Å². The molecule has 0 spiro atoms. The molecule has 5 nitrogen and oxygen atoms in total. The Morgan fingerprint density at radius 2 is 1.92 bits per heavy atom. The van der Waals surface area contributed by atoms with Gasteiger partial charge >= 0.3 is 0 Å². The zero-order valence-electron chi connectivity index (χ0n) is 14.5. The summed E-state index contributed by atoms with van der Waals surface area (Å²) in [4.78, 5) is 13.4. The fraction of sp³-hybridized carbons (Fsp3) is 0.588. The van der Waals surface area contributed by atoms with Gasteiger partial charge in [0.2, 0.25) is 15.9 Å². The molecule has 1 aliphatic heterocycles. The van der Waals surface area contributed by atoms with Gasteiger partial charge in [-0.1, -0.05) is 13.3 Å². The first-order valence-electron chi connectivity index (χ1n) is 8.47. The van der Waals surface area contributed by atoms with Crippen LogP contribution in [0.4, 0.5) is 8.78 Å². The van der Waals surface area contributed by atoms with Crippen LogP contribution < -0.4 is 0 Å². The first-order valence-corrected chi connectivity index (χ1v) is 9.91. The maximum atomic E-state index is 13.8. The van der Waals surface area contributed by atoms with Crippen molar-refractivity contribution >= 4 is 15.9 Å². The van der Waals surface area contributed by atoms with Crippen LogP contribution in [0.3, 0.4) is 0 Å². The van der Waals surface area contributed by atoms with Crippen molar-refractivity contribution in [3.05, 3.63) is 29.8 Å². The SMILES string of the molecule is CCCCN(C)C(=O)C1CCN(S(=O)(=O)c2cc(F)ccc2F)CC1. The number of halogens is 2. The van der Waals surface area contributed by atoms with Crippen molar-refractivity contribution in [3.8, 4) is 0 Å². The topological polar surface area (TPSA) is 57.7 Å². The predicted molar refractivity (Wildman–Crippen MR) is 90.4 cm³/mol. The molecule has 1 fully saturated rings. The fourth-order valence-electron chi connectivity index (χ4n) is 2.97. The molecule has 1 aliphatic rings. The van der Waals surface area contributed by atoms with E-state index in [1.165, 1.54) is 0 Å². The minimum Gasteiger partial charge on any atom is -0.346 e. The highest BCUT2D eigenvalue weighted by Gasteiger charge is 2.34. The predicted octanol–water partition coefficient (Wildman–Crippen LogP) is 2.62. The lowest BCUT2D eigenvalue weighted by atomic mass is 9.96. The summed E-state index contributed by atoms with van der Waals surface area (Å²) in [7, 11) is -2.35. The summed E-state index contributed by atoms with van der Waals surface area (Å²) in [6, 6.07) is 2.38. The summed E-state index contributed by atoms with van der Waals surface area (Å²) < 4.78 is 53.3. The fourth-order valence-corrected chi connectivity index (χ4v) is 4.52. The lowest BCUT2D eigenvalue weighted by Crippen LogP contribution is -2.43. The normalized spacial score (nSPS) is 16.8. The molecule has 1 saturated heterocycles. The van der Waals surface area contributed by atoms with Crippen molar-refractivity contribution < 1.29 is 22.0 Å². The Hall–Kier alpha value is -1.54. The van der Waals surface area contributed by atoms with E-state index in [4.69, 9.17) is 0 Å². The van der Waals surface area contributed by atoms with Crippen LogP contribution >= 0.6 is 0 Å². The van der Waals surface area contributed by atoms with E-state index in [1.54, 1.807) is 11.9 Å². The van der Waals surface area contributed by atoms with Gasteiger partial charge in [0, 0.05) is 32.6 Å². The van der Waals surface area contributed by atoms with Gasteiger partial charge < -0.3 is 4.90 Å². The Balaban J connectivity index is 2.04. The molecule has 2 rings (SSSR count). The van der Waals surface area contributed by atoms with E-state index in [-0.39, 0.29) is 24.9 Å². The monoisotopic (exact) mass is 374 g/mol. The molecule has 0 radical (unpaired) electrons. The van der Waals surface area contributed by atoms with E-state index >= 15 is 0 Å². The first kappa shape index (κ1) is 19.8. The second-order valence-electron chi connectivity index (χ2n) is 6.37. The Morgan fingerprint density at radius 1 is 1.28 bits per heavy atom. The number of hydrogen-bond acceptors (Lipinski definition) is 3. The van der Waals surface area contributed by atoms with Crippen LogP contribution in [0, 0.1) is 17.6 Å². The van der Waals surface area contributed by atoms with E-state index in [1.807, 2.05) is 6.92 Å². The second-order valence-corrected chi connectivity index (χ2v) is 8.27. The van der Waals surface area contributed by atoms with Crippen LogP contribution in [0.25, 0.3) is 0 Å². The van der Waals surface area contributed by atoms with Gasteiger partial charge in [0.25, 0.3) is 0 Å². The molecule has 8 heteroatoms. The molecule has 1 amide bonds. The van der Waals surface area contributed by atoms with Crippen LogP contribution in [-0.4, -0.2) is 50.2 Å². The van der Waals surface area contributed by atoms with Crippen molar-refractivity contribution in [2.45, 2.75) is 37.5 Å². The third-order valence-electron chi connectivity index (χ3n) is 4.54. The van der Waals surface area contributed by atoms with E-state index in [0.717, 1.165) is 29.3 Å². The molecule has 140 valence electrons. The maximum absolute atomic E-state index is 13.8. The summed E-state index contributed by atoms with van der Waals surface area (Å²) in [5.74, 6) is -1.99. The van der Waals surface area contributed by atoms with Gasteiger partial charge in [0.15, 0.2) is 0 Å². The standard InChI is InChI=1S/C17H24F2N2O3S/c1-3-4-9-20(2)17(22)13-7-10-21(11-8-13)25(23,24)16-12-14(18)5-6-15(16)19/h5-6,12-13H,3-4,7-11H2,1-2H3. The van der Waals surface area contributed by atoms with Gasteiger partial charge in [-0.3, -0.25) is 4.79 Å². The van der Waals surface area contributed by atoms with Gasteiger partial charge in [-0.05, 0) is 37.5 Å². The minimum atomic E-state index is -4.11. The molecule has 0 saturated carbocycles. The van der Waals surface area contributed by atoms with Gasteiger partial charge in [-0.2, -0.15) is 4.31 Å². The van der Waals surface area contributed by atoms with Gasteiger partial charge in [0.05, 0.1) is 0 Å². The Morgan fingerprint density at radius 3 is 2.52 bits per heavy atom. The van der Waals surface area contributed by atoms with Crippen molar-refractivity contribution in [3.63, 3.8) is 0 Å². The average molecular weight is 374 g/mol. The molecule has 0 atom stereocenters. The largest absolute Gasteiger partial charge is 0.346 e. The van der Waals surface area contributed by atoms with Crippen LogP contribution in [0.2, 0.25) is 0 Å². The number of unbranched alkanes of at least 4 members (excludes halogenated alkanes) is 1. The quantitative estimate of drug-likeness (QED) is 0.769. The number of carbonyl (C=O) groups excluding carboxylic acids is 1. The second kappa shape index (κ2) is 8.23. The molecule has 25 heavy (non-hydrogen) atoms. The molecule has 1 aromatic carbocycles. The highest BCUT2D eigenvalue weighted by Crippen LogP contribution is 2.26. The van der Waals surface area contributed by atoms with Crippen molar-refractivity contribution in [1.82, 2.24) is 9.21 Å². The summed E-state index contributed by atoms with van der Waals surface area (Å²) in [6.07, 6.45) is 2.68. The van der Waals surface area contributed by atoms with Gasteiger partial charge in [-0.25, -0.2) is 17.2 Å². The van der Waals surface area contributed by atoms with E-state index in [2.05, 4.69) is 0 Å². The zero-order chi connectivity index (χ0) is 18.6. The summed E-state index contributed by atoms with van der Waals surface area (Å²) in [6.45, 7) is 2.97. The molecule has 0 bridgehead atoms. The number of nitrogens with zero attached hydrogens (tertiary/aromatic N) is 2. The Kier molecular flexibility index (Phi) is 6.51. The lowest BCUT2D eigenvalue weighted by molar-refractivity contribution is -0.135. The molecule has 0 unspecified atom stereocenters. The highest BCUT2D eigenvalue weighted by atomic mass is 32.2. The summed E-state index contributed by atoms with van der Waals surface area (Å²) >= 11 is 0. The van der Waals surface area contributed by atoms with E-state index < -0.39 is 26.6 Å². The number of amides is 1. The number of hydrogen-bond donors (Lipinski definition) is 0. The van der Waals surface area contributed by atoms with Gasteiger partial charge in [0.1, 0.15) is 16.5 Å². The number of carbonyl (C=O) groups is 1. The molecular formula is C17H24F2N2O3S. The molecule has 1 heterocycles. The zero-order valence-corrected chi connectivity index (χ0v) is 15.4. The first-order chi connectivity index (χ1) is 11.8. The molecule has 0 aromatic heterocycles. The Bertz CT molecular complexity index is 717. The maximum Gasteiger partial charge on any atom is 0.246 e. The number of piperidine rings is 1. The summed E-state index contributed by atoms with van der Waals surface area (Å²) in [5, 5.41) is 0. The van der Waals surface area contributed by atoms with E-state index in [0.29, 0.717) is 25.5 Å². The van der Waals surface area contributed by atoms with Crippen LogP contribution in [-0.2, 0) is 14.8 Å².